The van der Waals surface area contributed by atoms with Crippen LogP contribution < -0.4 is 4.74 Å². The number of aromatic nitrogens is 1. The predicted octanol–water partition coefficient (Wildman–Crippen LogP) is 5.45. The van der Waals surface area contributed by atoms with E-state index in [1.54, 1.807) is 6.20 Å². The van der Waals surface area contributed by atoms with E-state index in [2.05, 4.69) is 55.2 Å². The molecule has 0 saturated carbocycles. The van der Waals surface area contributed by atoms with E-state index in [0.717, 1.165) is 17.0 Å². The summed E-state index contributed by atoms with van der Waals surface area (Å²) in [7, 11) is 0. The molecule has 0 unspecified atom stereocenters. The van der Waals surface area contributed by atoms with Gasteiger partial charge in [-0.05, 0) is 54.8 Å². The van der Waals surface area contributed by atoms with E-state index in [1.807, 2.05) is 36.4 Å². The molecule has 0 aliphatic rings. The Kier molecular flexibility index (Phi) is 5.07. The third-order valence-corrected chi connectivity index (χ3v) is 3.98. The molecule has 3 aromatic rings. The van der Waals surface area contributed by atoms with Crippen molar-refractivity contribution in [3.05, 3.63) is 94.8 Å². The molecule has 0 saturated heterocycles. The van der Waals surface area contributed by atoms with Gasteiger partial charge in [-0.15, -0.1) is 0 Å². The molecule has 2 nitrogen and oxygen atoms in total. The van der Waals surface area contributed by atoms with Crippen LogP contribution in [0.1, 0.15) is 27.9 Å². The van der Waals surface area contributed by atoms with Gasteiger partial charge in [0.15, 0.2) is 0 Å². The van der Waals surface area contributed by atoms with Crippen LogP contribution in [0.25, 0.3) is 12.2 Å². The second-order valence-electron chi connectivity index (χ2n) is 5.83. The van der Waals surface area contributed by atoms with Gasteiger partial charge in [0.1, 0.15) is 12.4 Å². The topological polar surface area (TPSA) is 22.1 Å². The molecule has 0 aliphatic heterocycles. The monoisotopic (exact) mass is 315 g/mol. The second-order valence-corrected chi connectivity index (χ2v) is 5.83. The van der Waals surface area contributed by atoms with Crippen molar-refractivity contribution in [1.29, 1.82) is 0 Å². The van der Waals surface area contributed by atoms with Gasteiger partial charge >= 0.3 is 0 Å². The van der Waals surface area contributed by atoms with Crippen LogP contribution in [0.3, 0.4) is 0 Å². The van der Waals surface area contributed by atoms with Crippen molar-refractivity contribution in [2.24, 2.45) is 0 Å². The van der Waals surface area contributed by atoms with Crippen LogP contribution in [0.2, 0.25) is 0 Å². The van der Waals surface area contributed by atoms with E-state index in [-0.39, 0.29) is 0 Å². The van der Waals surface area contributed by atoms with E-state index in [9.17, 15) is 0 Å². The molecule has 0 amide bonds. The molecule has 1 aromatic heterocycles. The molecule has 2 aromatic carbocycles. The van der Waals surface area contributed by atoms with Crippen molar-refractivity contribution < 1.29 is 4.74 Å². The van der Waals surface area contributed by atoms with Crippen molar-refractivity contribution in [2.75, 3.05) is 0 Å². The van der Waals surface area contributed by atoms with Crippen LogP contribution in [-0.2, 0) is 6.61 Å². The Hall–Kier alpha value is -2.87. The zero-order valence-corrected chi connectivity index (χ0v) is 14.1. The summed E-state index contributed by atoms with van der Waals surface area (Å²) >= 11 is 0. The highest BCUT2D eigenvalue weighted by Crippen LogP contribution is 2.26. The highest BCUT2D eigenvalue weighted by Gasteiger charge is 2.05. The number of rotatable bonds is 5. The van der Waals surface area contributed by atoms with Gasteiger partial charge in [0.25, 0.3) is 0 Å². The van der Waals surface area contributed by atoms with Gasteiger partial charge in [0.05, 0.1) is 5.69 Å². The molecular weight excluding hydrogens is 294 g/mol. The highest BCUT2D eigenvalue weighted by molar-refractivity contribution is 5.73. The fourth-order valence-corrected chi connectivity index (χ4v) is 2.45. The molecule has 24 heavy (non-hydrogen) atoms. The molecular formula is C22H21NO. The number of aryl methyl sites for hydroxylation is 2. The fourth-order valence-electron chi connectivity index (χ4n) is 2.45. The first-order chi connectivity index (χ1) is 11.7. The summed E-state index contributed by atoms with van der Waals surface area (Å²) in [6.45, 7) is 4.70. The Balaban J connectivity index is 1.84. The Labute approximate surface area is 143 Å². The van der Waals surface area contributed by atoms with Crippen LogP contribution in [-0.4, -0.2) is 4.98 Å². The largest absolute Gasteiger partial charge is 0.487 e. The van der Waals surface area contributed by atoms with E-state index in [1.165, 1.54) is 16.7 Å². The molecule has 0 bridgehead atoms. The fraction of sp³-hybridized carbons (Fsp3) is 0.136. The molecule has 0 aliphatic carbocycles. The SMILES string of the molecule is Cc1cc(/C=C/c2ccccc2)c(OCc2ccccn2)cc1C. The number of benzene rings is 2. The Bertz CT molecular complexity index is 823. The molecule has 0 N–H and O–H groups in total. The second kappa shape index (κ2) is 7.60. The molecule has 0 spiro atoms. The number of hydrogen-bond donors (Lipinski definition) is 0. The molecule has 0 atom stereocenters. The van der Waals surface area contributed by atoms with Crippen LogP contribution >= 0.6 is 0 Å². The zero-order valence-electron chi connectivity index (χ0n) is 14.1. The summed E-state index contributed by atoms with van der Waals surface area (Å²) in [6.07, 6.45) is 6.00. The molecule has 0 fully saturated rings. The van der Waals surface area contributed by atoms with Crippen molar-refractivity contribution >= 4 is 12.2 Å². The minimum absolute atomic E-state index is 0.468. The lowest BCUT2D eigenvalue weighted by Gasteiger charge is -2.12. The van der Waals surface area contributed by atoms with Gasteiger partial charge in [-0.2, -0.15) is 0 Å². The summed E-state index contributed by atoms with van der Waals surface area (Å²) in [5.41, 5.74) is 5.66. The summed E-state index contributed by atoms with van der Waals surface area (Å²) in [5, 5.41) is 0. The van der Waals surface area contributed by atoms with Crippen LogP contribution in [0.5, 0.6) is 5.75 Å². The van der Waals surface area contributed by atoms with E-state index >= 15 is 0 Å². The molecule has 2 heteroatoms. The third-order valence-electron chi connectivity index (χ3n) is 3.98. The minimum Gasteiger partial charge on any atom is -0.487 e. The van der Waals surface area contributed by atoms with E-state index in [0.29, 0.717) is 6.61 Å². The lowest BCUT2D eigenvalue weighted by Crippen LogP contribution is -2.00. The normalized spacial score (nSPS) is 10.9. The maximum atomic E-state index is 6.03. The predicted molar refractivity (Wildman–Crippen MR) is 99.9 cm³/mol. The van der Waals surface area contributed by atoms with Gasteiger partial charge < -0.3 is 4.74 Å². The lowest BCUT2D eigenvalue weighted by atomic mass is 10.0. The Morgan fingerprint density at radius 3 is 2.38 bits per heavy atom. The molecule has 120 valence electrons. The number of pyridine rings is 1. The van der Waals surface area contributed by atoms with E-state index in [4.69, 9.17) is 4.74 Å². The van der Waals surface area contributed by atoms with Crippen molar-refractivity contribution in [3.8, 4) is 5.75 Å². The molecule has 1 heterocycles. The van der Waals surface area contributed by atoms with Crippen molar-refractivity contribution in [3.63, 3.8) is 0 Å². The first-order valence-corrected chi connectivity index (χ1v) is 8.09. The zero-order chi connectivity index (χ0) is 16.8. The maximum absolute atomic E-state index is 6.03. The third kappa shape index (κ3) is 4.11. The highest BCUT2D eigenvalue weighted by atomic mass is 16.5. The van der Waals surface area contributed by atoms with Crippen molar-refractivity contribution in [2.45, 2.75) is 20.5 Å². The Morgan fingerprint density at radius 1 is 0.875 bits per heavy atom. The standard InChI is InChI=1S/C22H21NO/c1-17-14-20(12-11-19-8-4-3-5-9-19)22(15-18(17)2)24-16-21-10-6-7-13-23-21/h3-15H,16H2,1-2H3/b12-11+. The van der Waals surface area contributed by atoms with Crippen LogP contribution in [0.15, 0.2) is 66.9 Å². The van der Waals surface area contributed by atoms with Gasteiger partial charge in [0, 0.05) is 11.8 Å². The van der Waals surface area contributed by atoms with Gasteiger partial charge in [-0.1, -0.05) is 48.6 Å². The average Bonchev–Trinajstić information content (AvgIpc) is 2.63. The van der Waals surface area contributed by atoms with E-state index < -0.39 is 0 Å². The maximum Gasteiger partial charge on any atom is 0.130 e. The summed E-state index contributed by atoms with van der Waals surface area (Å²) in [4.78, 5) is 4.31. The number of hydrogen-bond acceptors (Lipinski definition) is 2. The number of nitrogens with zero attached hydrogens (tertiary/aromatic N) is 1. The summed E-state index contributed by atoms with van der Waals surface area (Å²) in [5.74, 6) is 0.885. The average molecular weight is 315 g/mol. The van der Waals surface area contributed by atoms with Crippen LogP contribution in [0, 0.1) is 13.8 Å². The summed E-state index contributed by atoms with van der Waals surface area (Å²) < 4.78 is 6.03. The van der Waals surface area contributed by atoms with Crippen molar-refractivity contribution in [1.82, 2.24) is 4.98 Å². The minimum atomic E-state index is 0.468. The molecule has 3 rings (SSSR count). The summed E-state index contributed by atoms with van der Waals surface area (Å²) in [6, 6.07) is 20.4. The smallest absolute Gasteiger partial charge is 0.130 e. The van der Waals surface area contributed by atoms with Gasteiger partial charge in [0.2, 0.25) is 0 Å². The van der Waals surface area contributed by atoms with Gasteiger partial charge in [-0.25, -0.2) is 0 Å². The first kappa shape index (κ1) is 16.0. The van der Waals surface area contributed by atoms with Gasteiger partial charge in [-0.3, -0.25) is 4.98 Å². The molecule has 0 radical (unpaired) electrons. The Morgan fingerprint density at radius 2 is 1.62 bits per heavy atom. The first-order valence-electron chi connectivity index (χ1n) is 8.09. The quantitative estimate of drug-likeness (QED) is 0.584. The lowest BCUT2D eigenvalue weighted by molar-refractivity contribution is 0.300. The number of ether oxygens (including phenoxy) is 1. The van der Waals surface area contributed by atoms with Crippen LogP contribution in [0.4, 0.5) is 0 Å².